The number of allylic oxidation sites excluding steroid dienone is 2. The molecule has 1 aromatic heterocycles. The standard InChI is InChI=1S/C48H73N3O12.3ClH.2H2N.Pt/c1-32(52)63-38-12-14-46(6)37(43(38,2)3)11-15-48(8)41(46)36(53)29-34-35-30-45(5,17-16-44(35,4)18-19-47(34,48)7)42(57)62-21-13-33-31-51(50-49-33)20-22-58-23-24-59-25-26-60-27-28-61-40(56)10-9-39(54)55;;;;;;/h29,31,35,37-38,41H,9-28,30H2,1-8H3,(H,54,55);3*1H;2*1H2;/q;;;;2*-1;+3/p-3/t35-,37-,38-,41?,44+,45-,46-,47+,48+;;;;;;/m0....../s1. The molecule has 4 fully saturated rings. The maximum absolute atomic E-state index is 14.8. The molecule has 0 aliphatic heterocycles. The van der Waals surface area contributed by atoms with Crippen LogP contribution in [0, 0.1) is 50.2 Å². The minimum absolute atomic E-state index is 0. The smallest absolute Gasteiger partial charge is 0.693 e. The minimum atomic E-state index is -1.85. The summed E-state index contributed by atoms with van der Waals surface area (Å²) < 4.78 is 35.0. The van der Waals surface area contributed by atoms with Crippen molar-refractivity contribution in [3.63, 3.8) is 0 Å². The van der Waals surface area contributed by atoms with E-state index in [9.17, 15) is 24.0 Å². The molecule has 5 N–H and O–H groups in total. The van der Waals surface area contributed by atoms with Gasteiger partial charge in [0.2, 0.25) is 0 Å². The molecule has 9 atom stereocenters. The topological polar surface area (TPSA) is 259 Å². The molecule has 5 aliphatic rings. The molecule has 17 nitrogen and oxygen atoms in total. The van der Waals surface area contributed by atoms with E-state index in [2.05, 4.69) is 58.8 Å². The fourth-order valence-corrected chi connectivity index (χ4v) is 12.9. The van der Waals surface area contributed by atoms with Crippen molar-refractivity contribution < 1.29 is 71.7 Å². The van der Waals surface area contributed by atoms with Crippen molar-refractivity contribution in [2.75, 3.05) is 52.9 Å². The first-order chi connectivity index (χ1) is 31.4. The molecule has 5 aliphatic carbocycles. The van der Waals surface area contributed by atoms with E-state index in [0.717, 1.165) is 57.1 Å². The van der Waals surface area contributed by atoms with Crippen molar-refractivity contribution in [2.24, 2.45) is 50.2 Å². The number of fused-ring (bicyclic) bond motifs is 7. The first kappa shape index (κ1) is 61.1. The van der Waals surface area contributed by atoms with Gasteiger partial charge < -0.3 is 45.8 Å². The second-order valence-electron chi connectivity index (χ2n) is 21.2. The number of hydrogen-bond donors (Lipinski definition) is 1. The SMILES string of the molecule is CC(=O)O[C@H]1CC[C@]2(C)C3C(=O)C=C4[C@@H]5C[C@@](C)(C(=O)OCCc6cn(CCOCCOCCOCCOC(=O)CCC(=O)O)nn6)CC[C@]5(C)CC[C@@]4(C)[C@]3(C)CC[C@H]2C1(C)C.[Cl][Pt]([Cl])[Cl].[NH2-].[NH2-]. The van der Waals surface area contributed by atoms with E-state index < -0.39 is 31.5 Å². The molecule has 0 bridgehead atoms. The number of carbonyl (C=O) groups excluding carboxylic acids is 4. The van der Waals surface area contributed by atoms with Crippen molar-refractivity contribution in [1.29, 1.82) is 0 Å². The maximum Gasteiger partial charge on any atom is -0.693 e. The number of rotatable bonds is 20. The van der Waals surface area contributed by atoms with E-state index in [0.29, 0.717) is 52.4 Å². The number of ether oxygens (including phenoxy) is 6. The summed E-state index contributed by atoms with van der Waals surface area (Å²) in [4.78, 5) is 62.7. The normalized spacial score (nSPS) is 32.0. The van der Waals surface area contributed by atoms with Crippen molar-refractivity contribution in [1.82, 2.24) is 15.0 Å². The van der Waals surface area contributed by atoms with Crippen LogP contribution in [0.4, 0.5) is 0 Å². The molecule has 399 valence electrons. The molecule has 21 heteroatoms. The van der Waals surface area contributed by atoms with Crippen LogP contribution in [0.15, 0.2) is 17.8 Å². The summed E-state index contributed by atoms with van der Waals surface area (Å²) in [5.41, 5.74) is 0.516. The van der Waals surface area contributed by atoms with Gasteiger partial charge >= 0.3 is 66.3 Å². The third-order valence-electron chi connectivity index (χ3n) is 16.7. The average Bonchev–Trinajstić information content (AvgIpc) is 3.69. The molecular weight excluding hydrogens is 1140 g/mol. The van der Waals surface area contributed by atoms with Crippen LogP contribution in [0.1, 0.15) is 132 Å². The van der Waals surface area contributed by atoms with E-state index in [-0.39, 0.29) is 114 Å². The van der Waals surface area contributed by atoms with Gasteiger partial charge in [-0.1, -0.05) is 52.3 Å². The van der Waals surface area contributed by atoms with Crippen LogP contribution in [-0.4, -0.2) is 109 Å². The van der Waals surface area contributed by atoms with Gasteiger partial charge in [-0.3, -0.25) is 24.0 Å². The summed E-state index contributed by atoms with van der Waals surface area (Å²) in [5.74, 6) is -1.52. The maximum atomic E-state index is 14.8. The van der Waals surface area contributed by atoms with Gasteiger partial charge in [-0.05, 0) is 104 Å². The second kappa shape index (κ2) is 25.6. The number of carbonyl (C=O) groups is 5. The fraction of sp³-hybridized carbons (Fsp3) is 0.812. The van der Waals surface area contributed by atoms with Gasteiger partial charge in [0, 0.05) is 30.9 Å². The molecule has 4 saturated carbocycles. The fourth-order valence-electron chi connectivity index (χ4n) is 12.9. The third kappa shape index (κ3) is 14.3. The molecule has 6 rings (SSSR count). The predicted octanol–water partition coefficient (Wildman–Crippen LogP) is 10.2. The Hall–Kier alpha value is -2.21. The van der Waals surface area contributed by atoms with Gasteiger partial charge in [0.15, 0.2) is 5.78 Å². The van der Waals surface area contributed by atoms with Crippen molar-refractivity contribution in [3.8, 4) is 0 Å². The Morgan fingerprint density at radius 2 is 1.41 bits per heavy atom. The van der Waals surface area contributed by atoms with Crippen molar-refractivity contribution in [2.45, 2.75) is 145 Å². The van der Waals surface area contributed by atoms with Crippen LogP contribution < -0.4 is 0 Å². The Kier molecular flexibility index (Phi) is 22.7. The van der Waals surface area contributed by atoms with Crippen LogP contribution >= 0.6 is 28.3 Å². The first-order valence-electron chi connectivity index (χ1n) is 23.6. The van der Waals surface area contributed by atoms with Crippen LogP contribution in [0.3, 0.4) is 0 Å². The van der Waals surface area contributed by atoms with E-state index >= 15 is 0 Å². The molecular formula is C48H77Cl3N5O12Pt-2. The van der Waals surface area contributed by atoms with Crippen LogP contribution in [0.2, 0.25) is 0 Å². The predicted molar refractivity (Wildman–Crippen MR) is 258 cm³/mol. The zero-order valence-corrected chi connectivity index (χ0v) is 46.2. The Morgan fingerprint density at radius 3 is 2.03 bits per heavy atom. The van der Waals surface area contributed by atoms with Gasteiger partial charge in [0.05, 0.1) is 76.7 Å². The number of aliphatic carboxylic acids is 1. The molecule has 0 amide bonds. The zero-order chi connectivity index (χ0) is 49.4. The zero-order valence-electron chi connectivity index (χ0n) is 41.7. The van der Waals surface area contributed by atoms with E-state index in [1.165, 1.54) is 12.5 Å². The molecule has 0 saturated heterocycles. The number of nitrogens with two attached hydrogens (primary N) is 2. The summed E-state index contributed by atoms with van der Waals surface area (Å²) >= 11 is -1.85. The van der Waals surface area contributed by atoms with Crippen LogP contribution in [-0.2, 0) is 79.5 Å². The van der Waals surface area contributed by atoms with Gasteiger partial charge in [0.1, 0.15) is 12.7 Å². The van der Waals surface area contributed by atoms with E-state index in [4.69, 9.17) is 61.8 Å². The molecule has 1 aromatic rings. The summed E-state index contributed by atoms with van der Waals surface area (Å²) in [6, 6.07) is 0. The largest absolute Gasteiger partial charge is 0.693 e. The van der Waals surface area contributed by atoms with Crippen molar-refractivity contribution in [3.05, 3.63) is 35.8 Å². The molecule has 1 heterocycles. The number of halogens is 3. The summed E-state index contributed by atoms with van der Waals surface area (Å²) in [5, 5.41) is 17.1. The quantitative estimate of drug-likeness (QED) is 0.0724. The number of esters is 3. The Bertz CT molecular complexity index is 1960. The number of ketones is 1. The number of nitrogens with zero attached hydrogens (tertiary/aromatic N) is 3. The average molecular weight is 1220 g/mol. The first-order valence-corrected chi connectivity index (χ1v) is 32.1. The molecule has 0 aromatic carbocycles. The summed E-state index contributed by atoms with van der Waals surface area (Å²) in [6.45, 7) is 20.4. The summed E-state index contributed by atoms with van der Waals surface area (Å²) in [6.07, 6.45) is 11.8. The van der Waals surface area contributed by atoms with Gasteiger partial charge in [0.25, 0.3) is 0 Å². The Morgan fingerprint density at radius 1 is 0.797 bits per heavy atom. The van der Waals surface area contributed by atoms with Crippen LogP contribution in [0.5, 0.6) is 0 Å². The monoisotopic (exact) mass is 1220 g/mol. The van der Waals surface area contributed by atoms with Crippen molar-refractivity contribution >= 4 is 57.9 Å². The second-order valence-corrected chi connectivity index (χ2v) is 31.0. The molecule has 69 heavy (non-hydrogen) atoms. The van der Waals surface area contributed by atoms with Gasteiger partial charge in [-0.2, -0.15) is 0 Å². The summed E-state index contributed by atoms with van der Waals surface area (Å²) in [7, 11) is 14.9. The number of carboxylic acid groups (broad SMARTS) is 1. The number of carboxylic acids is 1. The Balaban J connectivity index is 0.00000202. The minimum Gasteiger partial charge on any atom is -0.693 e. The van der Waals surface area contributed by atoms with E-state index in [1.807, 2.05) is 12.3 Å². The third-order valence-corrected chi connectivity index (χ3v) is 16.7. The number of aromatic nitrogens is 3. The van der Waals surface area contributed by atoms with E-state index in [1.54, 1.807) is 4.68 Å². The van der Waals surface area contributed by atoms with Gasteiger partial charge in [-0.25, -0.2) is 4.68 Å². The van der Waals surface area contributed by atoms with Gasteiger partial charge in [-0.15, -0.1) is 5.10 Å². The molecule has 1 unspecified atom stereocenters. The van der Waals surface area contributed by atoms with Crippen LogP contribution in [0.25, 0.3) is 12.3 Å². The Labute approximate surface area is 426 Å². The number of hydrogen-bond acceptors (Lipinski definition) is 13. The molecule has 0 radical (unpaired) electrons. The molecule has 0 spiro atoms.